The van der Waals surface area contributed by atoms with Crippen LogP contribution in [-0.4, -0.2) is 14.6 Å². The predicted octanol–water partition coefficient (Wildman–Crippen LogP) is 4.85. The number of nitrogens with zero attached hydrogens (tertiary/aromatic N) is 3. The fourth-order valence-electron chi connectivity index (χ4n) is 3.19. The highest BCUT2D eigenvalue weighted by molar-refractivity contribution is 7.15. The number of fused-ring (bicyclic) bond motifs is 2. The van der Waals surface area contributed by atoms with Crippen LogP contribution in [0.15, 0.2) is 63.1 Å². The highest BCUT2D eigenvalue weighted by Gasteiger charge is 2.16. The van der Waals surface area contributed by atoms with E-state index in [1.807, 2.05) is 67.8 Å². The molecular weight excluding hydrogens is 358 g/mol. The van der Waals surface area contributed by atoms with Crippen LogP contribution < -0.4 is 5.63 Å². The molecule has 0 radical (unpaired) electrons. The molecule has 0 unspecified atom stereocenters. The lowest BCUT2D eigenvalue weighted by Crippen LogP contribution is -2.04. The van der Waals surface area contributed by atoms with E-state index in [0.717, 1.165) is 27.0 Å². The summed E-state index contributed by atoms with van der Waals surface area (Å²) in [6, 6.07) is 15.7. The molecule has 5 nitrogen and oxygen atoms in total. The Kier molecular flexibility index (Phi) is 3.48. The van der Waals surface area contributed by atoms with Gasteiger partial charge in [-0.25, -0.2) is 9.31 Å². The molecular formula is C21H15N3O2S. The zero-order chi connectivity index (χ0) is 18.5. The van der Waals surface area contributed by atoms with E-state index in [1.54, 1.807) is 4.52 Å². The molecule has 0 fully saturated rings. The Labute approximate surface area is 158 Å². The predicted molar refractivity (Wildman–Crippen MR) is 107 cm³/mol. The molecule has 0 aliphatic rings. The zero-order valence-electron chi connectivity index (χ0n) is 14.8. The summed E-state index contributed by atoms with van der Waals surface area (Å²) < 4.78 is 7.23. The molecule has 3 heterocycles. The van der Waals surface area contributed by atoms with Crippen LogP contribution >= 0.6 is 11.3 Å². The molecule has 0 atom stereocenters. The summed E-state index contributed by atoms with van der Waals surface area (Å²) in [4.78, 5) is 17.9. The first-order chi connectivity index (χ1) is 13.1. The Morgan fingerprint density at radius 1 is 1.04 bits per heavy atom. The lowest BCUT2D eigenvalue weighted by Gasteiger charge is -2.02. The molecule has 132 valence electrons. The van der Waals surface area contributed by atoms with Gasteiger partial charge >= 0.3 is 5.63 Å². The molecule has 5 rings (SSSR count). The van der Waals surface area contributed by atoms with Gasteiger partial charge in [-0.1, -0.05) is 35.4 Å². The molecule has 0 spiro atoms. The van der Waals surface area contributed by atoms with Gasteiger partial charge in [-0.05, 0) is 38.1 Å². The Morgan fingerprint density at radius 2 is 1.89 bits per heavy atom. The molecule has 5 aromatic rings. The fraction of sp³-hybridized carbons (Fsp3) is 0.0952. The zero-order valence-corrected chi connectivity index (χ0v) is 15.6. The molecule has 0 N–H and O–H groups in total. The SMILES string of the molecule is Cc1cccc(-c2nc3scc(-c4cc5cc(C)ccc5oc4=O)n3n2)c1. The van der Waals surface area contributed by atoms with Gasteiger partial charge in [-0.15, -0.1) is 16.4 Å². The molecule has 27 heavy (non-hydrogen) atoms. The number of hydrogen-bond donors (Lipinski definition) is 0. The summed E-state index contributed by atoms with van der Waals surface area (Å²) in [5.74, 6) is 0.646. The van der Waals surface area contributed by atoms with Crippen molar-refractivity contribution >= 4 is 27.3 Å². The maximum absolute atomic E-state index is 12.6. The number of thiazole rings is 1. The van der Waals surface area contributed by atoms with Crippen molar-refractivity contribution in [2.45, 2.75) is 13.8 Å². The van der Waals surface area contributed by atoms with Gasteiger partial charge in [0.25, 0.3) is 0 Å². The molecule has 0 aliphatic heterocycles. The molecule has 6 heteroatoms. The van der Waals surface area contributed by atoms with E-state index in [-0.39, 0.29) is 5.63 Å². The Hall–Kier alpha value is -3.25. The van der Waals surface area contributed by atoms with Gasteiger partial charge < -0.3 is 4.42 Å². The molecule has 0 aliphatic carbocycles. The number of benzene rings is 2. The topological polar surface area (TPSA) is 60.4 Å². The summed E-state index contributed by atoms with van der Waals surface area (Å²) in [5, 5.41) is 7.42. The summed E-state index contributed by atoms with van der Waals surface area (Å²) in [5.41, 5.74) is 4.60. The summed E-state index contributed by atoms with van der Waals surface area (Å²) in [7, 11) is 0. The van der Waals surface area contributed by atoms with Crippen molar-refractivity contribution in [3.63, 3.8) is 0 Å². The lowest BCUT2D eigenvalue weighted by molar-refractivity contribution is 0.563. The first-order valence-corrected chi connectivity index (χ1v) is 9.43. The van der Waals surface area contributed by atoms with Crippen LogP contribution in [0.4, 0.5) is 0 Å². The van der Waals surface area contributed by atoms with E-state index in [0.29, 0.717) is 22.7 Å². The third-order valence-electron chi connectivity index (χ3n) is 4.52. The molecule has 0 saturated carbocycles. The Morgan fingerprint density at radius 3 is 2.74 bits per heavy atom. The maximum Gasteiger partial charge on any atom is 0.345 e. The van der Waals surface area contributed by atoms with Crippen LogP contribution in [0, 0.1) is 13.8 Å². The minimum absolute atomic E-state index is 0.376. The number of rotatable bonds is 2. The Bertz CT molecular complexity index is 1380. The minimum atomic E-state index is -0.376. The van der Waals surface area contributed by atoms with Gasteiger partial charge in [0.15, 0.2) is 5.82 Å². The molecule has 0 saturated heterocycles. The fourth-order valence-corrected chi connectivity index (χ4v) is 4.02. The van der Waals surface area contributed by atoms with E-state index in [9.17, 15) is 4.79 Å². The van der Waals surface area contributed by atoms with Crippen LogP contribution in [0.2, 0.25) is 0 Å². The molecule has 2 aromatic carbocycles. The van der Waals surface area contributed by atoms with Crippen molar-refractivity contribution in [1.29, 1.82) is 0 Å². The van der Waals surface area contributed by atoms with Gasteiger partial charge in [-0.2, -0.15) is 4.98 Å². The third-order valence-corrected chi connectivity index (χ3v) is 5.34. The van der Waals surface area contributed by atoms with Crippen LogP contribution in [0.1, 0.15) is 11.1 Å². The average Bonchev–Trinajstić information content (AvgIpc) is 3.22. The number of aromatic nitrogens is 3. The van der Waals surface area contributed by atoms with Gasteiger partial charge in [0.05, 0.1) is 11.3 Å². The van der Waals surface area contributed by atoms with Crippen molar-refractivity contribution in [2.75, 3.05) is 0 Å². The van der Waals surface area contributed by atoms with Gasteiger partial charge in [0.2, 0.25) is 4.96 Å². The standard InChI is InChI=1S/C21H15N3O2S/c1-12-4-3-5-14(8-12)19-22-21-24(23-19)17(11-27-21)16-10-15-9-13(2)6-7-18(15)26-20(16)25/h3-11H,1-2H3. The number of hydrogen-bond acceptors (Lipinski definition) is 5. The van der Waals surface area contributed by atoms with Gasteiger partial charge in [0.1, 0.15) is 5.58 Å². The molecule has 0 amide bonds. The second kappa shape index (κ2) is 5.89. The summed E-state index contributed by atoms with van der Waals surface area (Å²) in [6.45, 7) is 4.05. The van der Waals surface area contributed by atoms with E-state index >= 15 is 0 Å². The average molecular weight is 373 g/mol. The van der Waals surface area contributed by atoms with Crippen molar-refractivity contribution in [3.8, 4) is 22.6 Å². The number of aryl methyl sites for hydroxylation is 2. The highest BCUT2D eigenvalue weighted by Crippen LogP contribution is 2.28. The van der Waals surface area contributed by atoms with Gasteiger partial charge in [0, 0.05) is 16.3 Å². The van der Waals surface area contributed by atoms with Crippen molar-refractivity contribution in [2.24, 2.45) is 0 Å². The van der Waals surface area contributed by atoms with E-state index in [2.05, 4.69) is 10.1 Å². The van der Waals surface area contributed by atoms with Crippen LogP contribution in [0.5, 0.6) is 0 Å². The monoisotopic (exact) mass is 373 g/mol. The van der Waals surface area contributed by atoms with Crippen LogP contribution in [0.3, 0.4) is 0 Å². The van der Waals surface area contributed by atoms with E-state index < -0.39 is 0 Å². The second-order valence-corrected chi connectivity index (χ2v) is 7.45. The minimum Gasteiger partial charge on any atom is -0.422 e. The first-order valence-electron chi connectivity index (χ1n) is 8.55. The first kappa shape index (κ1) is 16.0. The highest BCUT2D eigenvalue weighted by atomic mass is 32.1. The Balaban J connectivity index is 1.70. The quantitative estimate of drug-likeness (QED) is 0.415. The third kappa shape index (κ3) is 2.65. The molecule has 3 aromatic heterocycles. The smallest absolute Gasteiger partial charge is 0.345 e. The van der Waals surface area contributed by atoms with Crippen molar-refractivity contribution in [1.82, 2.24) is 14.6 Å². The normalized spacial score (nSPS) is 11.5. The van der Waals surface area contributed by atoms with E-state index in [4.69, 9.17) is 4.42 Å². The van der Waals surface area contributed by atoms with Gasteiger partial charge in [-0.3, -0.25) is 0 Å². The largest absolute Gasteiger partial charge is 0.422 e. The maximum atomic E-state index is 12.6. The van der Waals surface area contributed by atoms with Crippen molar-refractivity contribution < 1.29 is 4.42 Å². The summed E-state index contributed by atoms with van der Waals surface area (Å²) >= 11 is 1.45. The van der Waals surface area contributed by atoms with E-state index in [1.165, 1.54) is 11.3 Å². The second-order valence-electron chi connectivity index (χ2n) is 6.61. The van der Waals surface area contributed by atoms with Crippen molar-refractivity contribution in [3.05, 3.63) is 75.5 Å². The summed E-state index contributed by atoms with van der Waals surface area (Å²) in [6.07, 6.45) is 0. The van der Waals surface area contributed by atoms with Crippen LogP contribution in [0.25, 0.3) is 38.6 Å². The lowest BCUT2D eigenvalue weighted by atomic mass is 10.1. The molecule has 0 bridgehead atoms. The van der Waals surface area contributed by atoms with Crippen LogP contribution in [-0.2, 0) is 0 Å².